The van der Waals surface area contributed by atoms with Crippen molar-refractivity contribution in [1.82, 2.24) is 38.3 Å². The van der Waals surface area contributed by atoms with Gasteiger partial charge in [0.2, 0.25) is 0 Å². The summed E-state index contributed by atoms with van der Waals surface area (Å²) in [5.41, 5.74) is 15.8. The van der Waals surface area contributed by atoms with Crippen LogP contribution in [0, 0.1) is 0 Å². The number of imidazole rings is 2. The standard InChI is InChI=1S/C59H38N8/c1-4-16-39(17-5-1)53-55(65-36-14-12-24-51(65)60-53)41-26-30-43(31-27-41)57-62-58(44-32-28-42(29-33-44)56-54(40-18-6-2-7-19-40)61-52-25-13-15-37-66(52)56)64-59(63-57)45-34-35-48-47-22-10-11-23-49(47)67(50(48)38-45)46-20-8-3-9-21-46/h1-38H. The van der Waals surface area contributed by atoms with Crippen LogP contribution in [0.4, 0.5) is 0 Å². The molecule has 0 unspecified atom stereocenters. The van der Waals surface area contributed by atoms with E-state index in [0.29, 0.717) is 17.5 Å². The third kappa shape index (κ3) is 6.58. The molecule has 314 valence electrons. The fourth-order valence-corrected chi connectivity index (χ4v) is 9.42. The summed E-state index contributed by atoms with van der Waals surface area (Å²) in [7, 11) is 0. The number of pyridine rings is 2. The van der Waals surface area contributed by atoms with E-state index in [-0.39, 0.29) is 0 Å². The second-order valence-corrected chi connectivity index (χ2v) is 16.6. The predicted octanol–water partition coefficient (Wildman–Crippen LogP) is 13.9. The van der Waals surface area contributed by atoms with Crippen molar-refractivity contribution in [3.05, 3.63) is 231 Å². The normalized spacial score (nSPS) is 11.6. The third-order valence-corrected chi connectivity index (χ3v) is 12.6. The molecule has 0 spiro atoms. The predicted molar refractivity (Wildman–Crippen MR) is 270 cm³/mol. The van der Waals surface area contributed by atoms with Gasteiger partial charge in [0.05, 0.1) is 33.8 Å². The van der Waals surface area contributed by atoms with Crippen LogP contribution in [0.15, 0.2) is 231 Å². The molecule has 0 aliphatic heterocycles. The maximum atomic E-state index is 5.25. The summed E-state index contributed by atoms with van der Waals surface area (Å²) in [6.07, 6.45) is 4.14. The Morgan fingerprint density at radius 2 is 0.701 bits per heavy atom. The molecule has 67 heavy (non-hydrogen) atoms. The highest BCUT2D eigenvalue weighted by molar-refractivity contribution is 6.10. The quantitative estimate of drug-likeness (QED) is 0.152. The van der Waals surface area contributed by atoms with Gasteiger partial charge in [0.1, 0.15) is 11.3 Å². The van der Waals surface area contributed by atoms with E-state index >= 15 is 0 Å². The lowest BCUT2D eigenvalue weighted by Crippen LogP contribution is -2.01. The lowest BCUT2D eigenvalue weighted by atomic mass is 10.0. The summed E-state index contributed by atoms with van der Waals surface area (Å²) in [6, 6.07) is 75.5. The summed E-state index contributed by atoms with van der Waals surface area (Å²) in [5.74, 6) is 1.74. The highest BCUT2D eigenvalue weighted by Crippen LogP contribution is 2.38. The minimum atomic E-state index is 0.578. The maximum Gasteiger partial charge on any atom is 0.164 e. The molecule has 0 aliphatic carbocycles. The van der Waals surface area contributed by atoms with Gasteiger partial charge in [-0.25, -0.2) is 24.9 Å². The Hall–Kier alpha value is -9.27. The van der Waals surface area contributed by atoms with Crippen LogP contribution in [0.2, 0.25) is 0 Å². The number of benzene rings is 7. The summed E-state index contributed by atoms with van der Waals surface area (Å²) in [4.78, 5) is 25.9. The molecule has 8 heteroatoms. The molecule has 0 aliphatic rings. The highest BCUT2D eigenvalue weighted by Gasteiger charge is 2.20. The molecule has 7 aromatic carbocycles. The van der Waals surface area contributed by atoms with Crippen LogP contribution in [0.5, 0.6) is 0 Å². The Morgan fingerprint density at radius 3 is 1.24 bits per heavy atom. The van der Waals surface area contributed by atoms with Gasteiger partial charge < -0.3 is 4.57 Å². The van der Waals surface area contributed by atoms with Gasteiger partial charge in [-0.3, -0.25) is 8.80 Å². The molecule has 13 aromatic rings. The Morgan fingerprint density at radius 1 is 0.284 bits per heavy atom. The third-order valence-electron chi connectivity index (χ3n) is 12.6. The van der Waals surface area contributed by atoms with Crippen LogP contribution < -0.4 is 0 Å². The van der Waals surface area contributed by atoms with E-state index in [9.17, 15) is 0 Å². The van der Waals surface area contributed by atoms with E-state index < -0.39 is 0 Å². The molecule has 0 bridgehead atoms. The molecule has 8 nitrogen and oxygen atoms in total. The fourth-order valence-electron chi connectivity index (χ4n) is 9.42. The van der Waals surface area contributed by atoms with Crippen LogP contribution >= 0.6 is 0 Å². The number of nitrogens with zero attached hydrogens (tertiary/aromatic N) is 8. The van der Waals surface area contributed by atoms with Gasteiger partial charge in [0, 0.05) is 67.8 Å². The molecule has 0 radical (unpaired) electrons. The van der Waals surface area contributed by atoms with Crippen molar-refractivity contribution in [3.8, 4) is 84.9 Å². The number of fused-ring (bicyclic) bond motifs is 5. The van der Waals surface area contributed by atoms with Crippen LogP contribution in [-0.4, -0.2) is 38.3 Å². The zero-order valence-electron chi connectivity index (χ0n) is 36.0. The van der Waals surface area contributed by atoms with Crippen molar-refractivity contribution in [2.45, 2.75) is 0 Å². The van der Waals surface area contributed by atoms with Crippen molar-refractivity contribution in [3.63, 3.8) is 0 Å². The van der Waals surface area contributed by atoms with Crippen LogP contribution in [0.25, 0.3) is 118 Å². The number of hydrogen-bond donors (Lipinski definition) is 0. The van der Waals surface area contributed by atoms with E-state index in [0.717, 1.165) is 95.1 Å². The van der Waals surface area contributed by atoms with Gasteiger partial charge in [-0.15, -0.1) is 0 Å². The molecular weight excluding hydrogens is 821 g/mol. The van der Waals surface area contributed by atoms with E-state index in [4.69, 9.17) is 24.9 Å². The van der Waals surface area contributed by atoms with Gasteiger partial charge in [0.25, 0.3) is 0 Å². The van der Waals surface area contributed by atoms with Crippen LogP contribution in [0.1, 0.15) is 0 Å². The van der Waals surface area contributed by atoms with Gasteiger partial charge in [-0.2, -0.15) is 0 Å². The molecule has 6 aromatic heterocycles. The molecule has 13 rings (SSSR count). The maximum absolute atomic E-state index is 5.25. The zero-order valence-corrected chi connectivity index (χ0v) is 36.0. The van der Waals surface area contributed by atoms with Crippen LogP contribution in [-0.2, 0) is 0 Å². The first-order valence-electron chi connectivity index (χ1n) is 22.3. The molecule has 0 amide bonds. The van der Waals surface area contributed by atoms with E-state index in [1.165, 1.54) is 5.39 Å². The number of para-hydroxylation sites is 2. The second-order valence-electron chi connectivity index (χ2n) is 16.6. The SMILES string of the molecule is c1ccc(-c2nc3ccccn3c2-c2ccc(-c3nc(-c4ccc(-c5c(-c6ccccc6)nc6ccccn56)cc4)nc(-c4ccc5c6ccccc6n(-c6ccccc6)c5c4)n3)cc2)cc1. The first-order valence-corrected chi connectivity index (χ1v) is 22.3. The summed E-state index contributed by atoms with van der Waals surface area (Å²) in [5, 5.41) is 2.35. The first kappa shape index (κ1) is 38.2. The largest absolute Gasteiger partial charge is 0.309 e. The lowest BCUT2D eigenvalue weighted by molar-refractivity contribution is 1.07. The Bertz CT molecular complexity index is 3770. The smallest absolute Gasteiger partial charge is 0.164 e. The molecule has 0 atom stereocenters. The van der Waals surface area contributed by atoms with Crippen molar-refractivity contribution >= 4 is 33.1 Å². The molecule has 0 saturated heterocycles. The number of hydrogen-bond acceptors (Lipinski definition) is 5. The monoisotopic (exact) mass is 858 g/mol. The van der Waals surface area contributed by atoms with Crippen LogP contribution in [0.3, 0.4) is 0 Å². The molecule has 6 heterocycles. The Labute approximate surface area is 385 Å². The average Bonchev–Trinajstić information content (AvgIpc) is 4.10. The fraction of sp³-hybridized carbons (Fsp3) is 0. The van der Waals surface area contributed by atoms with Crippen molar-refractivity contribution in [2.24, 2.45) is 0 Å². The summed E-state index contributed by atoms with van der Waals surface area (Å²) < 4.78 is 6.63. The van der Waals surface area contributed by atoms with E-state index in [1.54, 1.807) is 0 Å². The minimum Gasteiger partial charge on any atom is -0.309 e. The van der Waals surface area contributed by atoms with E-state index in [1.807, 2.05) is 48.5 Å². The topological polar surface area (TPSA) is 78.2 Å². The first-order chi connectivity index (χ1) is 33.2. The van der Waals surface area contributed by atoms with Gasteiger partial charge in [-0.1, -0.05) is 170 Å². The molecular formula is C59H38N8. The van der Waals surface area contributed by atoms with Crippen molar-refractivity contribution in [1.29, 1.82) is 0 Å². The van der Waals surface area contributed by atoms with Gasteiger partial charge >= 0.3 is 0 Å². The second kappa shape index (κ2) is 15.8. The average molecular weight is 859 g/mol. The highest BCUT2D eigenvalue weighted by atomic mass is 15.0. The summed E-state index contributed by atoms with van der Waals surface area (Å²) in [6.45, 7) is 0. The van der Waals surface area contributed by atoms with Gasteiger partial charge in [-0.05, 0) is 48.5 Å². The summed E-state index contributed by atoms with van der Waals surface area (Å²) >= 11 is 0. The molecule has 0 saturated carbocycles. The van der Waals surface area contributed by atoms with Crippen molar-refractivity contribution in [2.75, 3.05) is 0 Å². The van der Waals surface area contributed by atoms with E-state index in [2.05, 4.69) is 196 Å². The molecule has 0 fully saturated rings. The lowest BCUT2D eigenvalue weighted by Gasteiger charge is -2.11. The Balaban J connectivity index is 0.964. The number of aromatic nitrogens is 8. The molecule has 0 N–H and O–H groups in total. The minimum absolute atomic E-state index is 0.578. The van der Waals surface area contributed by atoms with Crippen molar-refractivity contribution < 1.29 is 0 Å². The zero-order chi connectivity index (χ0) is 44.3. The van der Waals surface area contributed by atoms with Gasteiger partial charge in [0.15, 0.2) is 17.5 Å². The Kier molecular flexibility index (Phi) is 8.99. The number of rotatable bonds is 8.